The minimum Gasteiger partial charge on any atom is -0.271 e. The Morgan fingerprint density at radius 1 is 1.53 bits per heavy atom. The standard InChI is InChI=1S/C12H14FN3S/c1-8-4-10(13)3-2-9(8)5-11(16-14)12-6-15-7-17-12/h2-4,6-7,11,16H,5,14H2,1H3. The van der Waals surface area contributed by atoms with E-state index >= 15 is 0 Å². The molecule has 0 aliphatic heterocycles. The molecule has 2 aromatic rings. The van der Waals surface area contributed by atoms with Crippen LogP contribution in [-0.4, -0.2) is 4.98 Å². The average Bonchev–Trinajstić information content (AvgIpc) is 2.81. The maximum atomic E-state index is 13.0. The molecule has 1 unspecified atom stereocenters. The molecule has 90 valence electrons. The molecule has 1 aromatic carbocycles. The highest BCUT2D eigenvalue weighted by Gasteiger charge is 2.13. The van der Waals surface area contributed by atoms with Gasteiger partial charge in [-0.1, -0.05) is 6.07 Å². The van der Waals surface area contributed by atoms with E-state index in [0.717, 1.165) is 22.4 Å². The van der Waals surface area contributed by atoms with Gasteiger partial charge in [0.05, 0.1) is 11.6 Å². The van der Waals surface area contributed by atoms with E-state index in [2.05, 4.69) is 10.4 Å². The fraction of sp³-hybridized carbons (Fsp3) is 0.250. The van der Waals surface area contributed by atoms with E-state index in [9.17, 15) is 4.39 Å². The van der Waals surface area contributed by atoms with Gasteiger partial charge < -0.3 is 0 Å². The van der Waals surface area contributed by atoms with E-state index in [1.165, 1.54) is 12.1 Å². The average molecular weight is 251 g/mol. The van der Waals surface area contributed by atoms with Crippen molar-refractivity contribution >= 4 is 11.3 Å². The van der Waals surface area contributed by atoms with Crippen molar-refractivity contribution in [2.24, 2.45) is 5.84 Å². The fourth-order valence-corrected chi connectivity index (χ4v) is 2.43. The van der Waals surface area contributed by atoms with E-state index in [0.29, 0.717) is 0 Å². The summed E-state index contributed by atoms with van der Waals surface area (Å²) >= 11 is 1.56. The number of hydrogen-bond donors (Lipinski definition) is 2. The summed E-state index contributed by atoms with van der Waals surface area (Å²) in [6, 6.07) is 4.83. The maximum Gasteiger partial charge on any atom is 0.123 e. The first-order valence-corrected chi connectivity index (χ1v) is 6.18. The highest BCUT2D eigenvalue weighted by molar-refractivity contribution is 7.09. The molecule has 5 heteroatoms. The predicted octanol–water partition coefficient (Wildman–Crippen LogP) is 2.34. The molecule has 0 amide bonds. The smallest absolute Gasteiger partial charge is 0.123 e. The summed E-state index contributed by atoms with van der Waals surface area (Å²) in [5, 5.41) is 0. The molecule has 1 heterocycles. The molecule has 0 aliphatic carbocycles. The quantitative estimate of drug-likeness (QED) is 0.648. The Morgan fingerprint density at radius 2 is 2.35 bits per heavy atom. The lowest BCUT2D eigenvalue weighted by atomic mass is 10.0. The molecule has 0 fully saturated rings. The zero-order valence-electron chi connectivity index (χ0n) is 9.48. The number of halogens is 1. The Morgan fingerprint density at radius 3 is 2.94 bits per heavy atom. The van der Waals surface area contributed by atoms with Crippen LogP contribution in [0.2, 0.25) is 0 Å². The van der Waals surface area contributed by atoms with Crippen LogP contribution < -0.4 is 11.3 Å². The Balaban J connectivity index is 2.19. The van der Waals surface area contributed by atoms with Crippen LogP contribution in [0.4, 0.5) is 4.39 Å². The summed E-state index contributed by atoms with van der Waals surface area (Å²) in [4.78, 5) is 5.11. The molecule has 3 nitrogen and oxygen atoms in total. The van der Waals surface area contributed by atoms with Crippen LogP contribution >= 0.6 is 11.3 Å². The normalized spacial score (nSPS) is 12.6. The molecule has 1 aromatic heterocycles. The van der Waals surface area contributed by atoms with Gasteiger partial charge in [0.15, 0.2) is 0 Å². The number of thiazole rings is 1. The third-order valence-electron chi connectivity index (χ3n) is 2.72. The number of aryl methyl sites for hydroxylation is 1. The first-order chi connectivity index (χ1) is 8.20. The monoisotopic (exact) mass is 251 g/mol. The van der Waals surface area contributed by atoms with Gasteiger partial charge in [-0.2, -0.15) is 0 Å². The topological polar surface area (TPSA) is 50.9 Å². The number of nitrogens with two attached hydrogens (primary N) is 1. The molecular weight excluding hydrogens is 237 g/mol. The van der Waals surface area contributed by atoms with Crippen molar-refractivity contribution in [3.63, 3.8) is 0 Å². The summed E-state index contributed by atoms with van der Waals surface area (Å²) in [5.74, 6) is 5.34. The van der Waals surface area contributed by atoms with Gasteiger partial charge in [-0.3, -0.25) is 16.3 Å². The van der Waals surface area contributed by atoms with Crippen molar-refractivity contribution in [2.75, 3.05) is 0 Å². The van der Waals surface area contributed by atoms with Crippen molar-refractivity contribution in [1.29, 1.82) is 0 Å². The Labute approximate surface area is 103 Å². The summed E-state index contributed by atoms with van der Waals surface area (Å²) < 4.78 is 13.0. The lowest BCUT2D eigenvalue weighted by Gasteiger charge is -2.15. The minimum absolute atomic E-state index is 0.0201. The summed E-state index contributed by atoms with van der Waals surface area (Å²) in [6.07, 6.45) is 2.53. The number of benzene rings is 1. The second-order valence-corrected chi connectivity index (χ2v) is 4.82. The molecule has 0 spiro atoms. The number of aromatic nitrogens is 1. The van der Waals surface area contributed by atoms with Crippen LogP contribution in [0.3, 0.4) is 0 Å². The SMILES string of the molecule is Cc1cc(F)ccc1CC(NN)c1cncs1. The molecular formula is C12H14FN3S. The van der Waals surface area contributed by atoms with Gasteiger partial charge in [-0.05, 0) is 36.6 Å². The lowest BCUT2D eigenvalue weighted by Crippen LogP contribution is -2.29. The van der Waals surface area contributed by atoms with Gasteiger partial charge in [0.1, 0.15) is 5.82 Å². The number of nitrogens with zero attached hydrogens (tertiary/aromatic N) is 1. The summed E-state index contributed by atoms with van der Waals surface area (Å²) in [6.45, 7) is 1.90. The van der Waals surface area contributed by atoms with Gasteiger partial charge in [-0.25, -0.2) is 4.39 Å². The van der Waals surface area contributed by atoms with Crippen LogP contribution in [0.1, 0.15) is 22.0 Å². The molecule has 0 aliphatic rings. The van der Waals surface area contributed by atoms with Crippen LogP contribution in [0.15, 0.2) is 29.9 Å². The lowest BCUT2D eigenvalue weighted by molar-refractivity contribution is 0.557. The molecule has 0 saturated carbocycles. The van der Waals surface area contributed by atoms with Gasteiger partial charge in [0, 0.05) is 11.1 Å². The van der Waals surface area contributed by atoms with E-state index in [-0.39, 0.29) is 11.9 Å². The number of hydrogen-bond acceptors (Lipinski definition) is 4. The number of hydrazine groups is 1. The third kappa shape index (κ3) is 2.88. The number of rotatable bonds is 4. The van der Waals surface area contributed by atoms with E-state index in [4.69, 9.17) is 5.84 Å². The molecule has 0 bridgehead atoms. The van der Waals surface area contributed by atoms with Crippen LogP contribution in [0.25, 0.3) is 0 Å². The largest absolute Gasteiger partial charge is 0.271 e. The predicted molar refractivity (Wildman–Crippen MR) is 67.0 cm³/mol. The van der Waals surface area contributed by atoms with E-state index < -0.39 is 0 Å². The third-order valence-corrected chi connectivity index (χ3v) is 3.61. The molecule has 0 saturated heterocycles. The van der Waals surface area contributed by atoms with Crippen molar-refractivity contribution in [3.05, 3.63) is 51.7 Å². The zero-order valence-corrected chi connectivity index (χ0v) is 10.3. The van der Waals surface area contributed by atoms with Crippen LogP contribution in [-0.2, 0) is 6.42 Å². The Kier molecular flexibility index (Phi) is 3.83. The van der Waals surface area contributed by atoms with Crippen molar-refractivity contribution in [2.45, 2.75) is 19.4 Å². The van der Waals surface area contributed by atoms with Gasteiger partial charge in [0.25, 0.3) is 0 Å². The highest BCUT2D eigenvalue weighted by atomic mass is 32.1. The van der Waals surface area contributed by atoms with Crippen LogP contribution in [0.5, 0.6) is 0 Å². The Hall–Kier alpha value is -1.30. The van der Waals surface area contributed by atoms with Crippen LogP contribution in [0, 0.1) is 12.7 Å². The molecule has 2 rings (SSSR count). The Bertz CT molecular complexity index is 485. The highest BCUT2D eigenvalue weighted by Crippen LogP contribution is 2.22. The number of nitrogens with one attached hydrogen (secondary N) is 1. The minimum atomic E-state index is -0.207. The first kappa shape index (κ1) is 12.2. The fourth-order valence-electron chi connectivity index (χ4n) is 1.75. The van der Waals surface area contributed by atoms with Gasteiger partial charge in [0.2, 0.25) is 0 Å². The second-order valence-electron chi connectivity index (χ2n) is 3.90. The second kappa shape index (κ2) is 5.35. The first-order valence-electron chi connectivity index (χ1n) is 5.30. The zero-order chi connectivity index (χ0) is 12.3. The molecule has 17 heavy (non-hydrogen) atoms. The molecule has 0 radical (unpaired) electrons. The van der Waals surface area contributed by atoms with Gasteiger partial charge >= 0.3 is 0 Å². The van der Waals surface area contributed by atoms with Crippen molar-refractivity contribution < 1.29 is 4.39 Å². The van der Waals surface area contributed by atoms with E-state index in [1.807, 2.05) is 6.92 Å². The maximum absolute atomic E-state index is 13.0. The summed E-state index contributed by atoms with van der Waals surface area (Å²) in [7, 11) is 0. The summed E-state index contributed by atoms with van der Waals surface area (Å²) in [5.41, 5.74) is 6.57. The van der Waals surface area contributed by atoms with Gasteiger partial charge in [-0.15, -0.1) is 11.3 Å². The molecule has 1 atom stereocenters. The van der Waals surface area contributed by atoms with E-state index in [1.54, 1.807) is 29.1 Å². The van der Waals surface area contributed by atoms with Crippen molar-refractivity contribution in [1.82, 2.24) is 10.4 Å². The molecule has 3 N–H and O–H groups in total. The van der Waals surface area contributed by atoms with Crippen molar-refractivity contribution in [3.8, 4) is 0 Å².